The number of fused-ring (bicyclic) bond motifs is 2. The molecule has 0 saturated heterocycles. The first-order valence-electron chi connectivity index (χ1n) is 14.6. The van der Waals surface area contributed by atoms with Crippen LogP contribution >= 0.6 is 11.3 Å². The predicted molar refractivity (Wildman–Crippen MR) is 167 cm³/mol. The zero-order valence-corrected chi connectivity index (χ0v) is 27.2. The van der Waals surface area contributed by atoms with Gasteiger partial charge in [-0.3, -0.25) is 9.52 Å². The molecule has 6 atom stereocenters. The van der Waals surface area contributed by atoms with Crippen molar-refractivity contribution < 1.29 is 27.8 Å². The van der Waals surface area contributed by atoms with Crippen LogP contribution in [0.2, 0.25) is 0 Å². The molecule has 232 valence electrons. The van der Waals surface area contributed by atoms with Crippen LogP contribution in [0.1, 0.15) is 55.7 Å². The summed E-state index contributed by atoms with van der Waals surface area (Å²) in [7, 11) is 0.693. The third-order valence-corrected chi connectivity index (χ3v) is 12.0. The summed E-state index contributed by atoms with van der Waals surface area (Å²) >= 11 is 1.34. The van der Waals surface area contributed by atoms with Gasteiger partial charge in [-0.05, 0) is 54.2 Å². The van der Waals surface area contributed by atoms with E-state index < -0.39 is 16.1 Å². The Bertz CT molecular complexity index is 1580. The molecule has 11 heteroatoms. The van der Waals surface area contributed by atoms with Gasteiger partial charge in [-0.15, -0.1) is 11.3 Å². The van der Waals surface area contributed by atoms with Gasteiger partial charge in [0.15, 0.2) is 5.13 Å². The van der Waals surface area contributed by atoms with Crippen molar-refractivity contribution in [3.05, 3.63) is 64.7 Å². The number of sulfonamides is 1. The van der Waals surface area contributed by atoms with E-state index in [0.29, 0.717) is 18.7 Å². The molecule has 2 aliphatic carbocycles. The summed E-state index contributed by atoms with van der Waals surface area (Å²) in [4.78, 5) is 21.0. The Hall–Kier alpha value is -3.15. The Kier molecular flexibility index (Phi) is 8.79. The van der Waals surface area contributed by atoms with Gasteiger partial charge in [-0.1, -0.05) is 51.1 Å². The Morgan fingerprint density at radius 1 is 1.21 bits per heavy atom. The minimum Gasteiger partial charge on any atom is -0.497 e. The van der Waals surface area contributed by atoms with E-state index in [4.69, 9.17) is 14.5 Å². The van der Waals surface area contributed by atoms with Crippen molar-refractivity contribution in [2.45, 2.75) is 63.5 Å². The van der Waals surface area contributed by atoms with E-state index in [1.54, 1.807) is 17.0 Å². The minimum absolute atomic E-state index is 0.0268. The van der Waals surface area contributed by atoms with E-state index in [2.05, 4.69) is 18.6 Å². The molecular formula is C32H41N3O6S2. The van der Waals surface area contributed by atoms with E-state index in [1.807, 2.05) is 44.3 Å². The van der Waals surface area contributed by atoms with Crippen molar-refractivity contribution in [1.29, 1.82) is 0 Å². The summed E-state index contributed by atoms with van der Waals surface area (Å²) in [6.07, 6.45) is 1.62. The number of benzene rings is 2. The molecular weight excluding hydrogens is 587 g/mol. The average Bonchev–Trinajstić information content (AvgIpc) is 3.37. The van der Waals surface area contributed by atoms with Gasteiger partial charge in [0, 0.05) is 36.4 Å². The van der Waals surface area contributed by atoms with Crippen LogP contribution in [-0.4, -0.2) is 56.7 Å². The molecule has 2 aliphatic rings. The number of rotatable bonds is 9. The highest BCUT2D eigenvalue weighted by atomic mass is 32.2. The highest BCUT2D eigenvalue weighted by molar-refractivity contribution is 7.93. The molecule has 2 aromatic carbocycles. The van der Waals surface area contributed by atoms with Crippen LogP contribution < -0.4 is 14.2 Å². The maximum absolute atomic E-state index is 13.5. The number of hydrogen-bond acceptors (Lipinski definition) is 8. The molecule has 0 spiro atoms. The number of carbonyl (C=O) groups is 1. The highest BCUT2D eigenvalue weighted by Crippen LogP contribution is 2.57. The molecule has 9 nitrogen and oxygen atoms in total. The number of nitrogens with one attached hydrogen (secondary N) is 1. The van der Waals surface area contributed by atoms with Crippen molar-refractivity contribution in [3.63, 3.8) is 0 Å². The first kappa shape index (κ1) is 31.3. The van der Waals surface area contributed by atoms with Gasteiger partial charge in [0.25, 0.3) is 10.0 Å². The second-order valence-corrected chi connectivity index (χ2v) is 15.0. The average molecular weight is 628 g/mol. The second-order valence-electron chi connectivity index (χ2n) is 12.3. The Morgan fingerprint density at radius 3 is 2.60 bits per heavy atom. The number of aliphatic hydroxyl groups is 1. The molecule has 2 N–H and O–H groups in total. The van der Waals surface area contributed by atoms with Crippen LogP contribution in [0.3, 0.4) is 0 Å². The molecule has 1 aromatic heterocycles. The molecule has 3 aromatic rings. The molecule has 1 heterocycles. The first-order valence-corrected chi connectivity index (χ1v) is 16.9. The lowest BCUT2D eigenvalue weighted by molar-refractivity contribution is -0.144. The number of aliphatic hydroxyl groups excluding tert-OH is 1. The topological polar surface area (TPSA) is 118 Å². The second kappa shape index (κ2) is 12.1. The maximum Gasteiger partial charge on any atom is 0.267 e. The van der Waals surface area contributed by atoms with Gasteiger partial charge < -0.3 is 19.5 Å². The van der Waals surface area contributed by atoms with E-state index in [0.717, 1.165) is 29.0 Å². The third-order valence-electron chi connectivity index (χ3n) is 9.47. The predicted octanol–water partition coefficient (Wildman–Crippen LogP) is 5.31. The number of aromatic nitrogens is 1. The quantitative estimate of drug-likeness (QED) is 0.330. The van der Waals surface area contributed by atoms with Gasteiger partial charge in [-0.25, -0.2) is 13.4 Å². The molecule has 0 bridgehead atoms. The molecule has 0 aliphatic heterocycles. The number of thiazole rings is 1. The van der Waals surface area contributed by atoms with Gasteiger partial charge >= 0.3 is 0 Å². The Labute approximate surface area is 258 Å². The molecule has 1 amide bonds. The third kappa shape index (κ3) is 5.99. The maximum atomic E-state index is 13.5. The number of nitrogens with zero attached hydrogens (tertiary/aromatic N) is 2. The van der Waals surface area contributed by atoms with Crippen LogP contribution in [0.25, 0.3) is 0 Å². The summed E-state index contributed by atoms with van der Waals surface area (Å²) in [5.74, 6) is -0.113. The van der Waals surface area contributed by atoms with Gasteiger partial charge in [0.05, 0.1) is 26.0 Å². The fourth-order valence-corrected chi connectivity index (χ4v) is 9.90. The summed E-state index contributed by atoms with van der Waals surface area (Å²) in [5.41, 5.74) is 1.68. The SMILES string of the molecule is COc1ccc(OC)c(S(=O)(=O)Nc2nc3c(s2)C[C@]2(C)CCC([C@H](C)C(=O)N(C)Cc4ccccc4)[C@H](O)[C@H]2[C@@H]3C)c1. The Balaban J connectivity index is 1.35. The summed E-state index contributed by atoms with van der Waals surface area (Å²) in [6.45, 7) is 6.72. The van der Waals surface area contributed by atoms with Crippen molar-refractivity contribution in [3.8, 4) is 11.5 Å². The van der Waals surface area contributed by atoms with Crippen molar-refractivity contribution >= 4 is 32.4 Å². The largest absolute Gasteiger partial charge is 0.497 e. The van der Waals surface area contributed by atoms with Gasteiger partial charge in [0.1, 0.15) is 16.4 Å². The highest BCUT2D eigenvalue weighted by Gasteiger charge is 2.54. The standard InChI is InChI=1S/C32H41N3O6S2/c1-19(30(37)35(4)18-21-10-8-7-9-11-21)23-14-15-32(3)17-25-28(20(2)27(32)29(23)36)33-31(42-25)34-43(38,39)26-16-22(40-5)12-13-24(26)41-6/h7-13,16,19-20,23,27,29,36H,14-15,17-18H2,1-6H3,(H,33,34)/t19-,20-,23?,27+,29-,32-/m0/s1. The summed E-state index contributed by atoms with van der Waals surface area (Å²) in [5, 5.41) is 12.1. The lowest BCUT2D eigenvalue weighted by atomic mass is 9.53. The van der Waals surface area contributed by atoms with E-state index >= 15 is 0 Å². The normalized spacial score (nSPS) is 25.7. The first-order chi connectivity index (χ1) is 20.4. The van der Waals surface area contributed by atoms with Crippen LogP contribution in [0.5, 0.6) is 11.5 Å². The minimum atomic E-state index is -4.02. The molecule has 43 heavy (non-hydrogen) atoms. The number of amides is 1. The van der Waals surface area contributed by atoms with Crippen molar-refractivity contribution in [2.75, 3.05) is 26.0 Å². The van der Waals surface area contributed by atoms with Crippen LogP contribution in [0.15, 0.2) is 53.4 Å². The van der Waals surface area contributed by atoms with Crippen LogP contribution in [0, 0.1) is 23.2 Å². The summed E-state index contributed by atoms with van der Waals surface area (Å²) in [6, 6.07) is 14.5. The lowest BCUT2D eigenvalue weighted by Crippen LogP contribution is -2.53. The Morgan fingerprint density at radius 2 is 1.93 bits per heavy atom. The molecule has 1 fully saturated rings. The number of methoxy groups -OCH3 is 2. The number of anilines is 1. The fourth-order valence-electron chi connectivity index (χ4n) is 7.22. The van der Waals surface area contributed by atoms with E-state index in [1.165, 1.54) is 31.6 Å². The molecule has 1 unspecified atom stereocenters. The van der Waals surface area contributed by atoms with Crippen molar-refractivity contribution in [2.24, 2.45) is 23.2 Å². The van der Waals surface area contributed by atoms with Gasteiger partial charge in [-0.2, -0.15) is 0 Å². The zero-order valence-electron chi connectivity index (χ0n) is 25.5. The van der Waals surface area contributed by atoms with E-state index in [-0.39, 0.29) is 50.8 Å². The van der Waals surface area contributed by atoms with Crippen LogP contribution in [-0.2, 0) is 27.8 Å². The molecule has 0 radical (unpaired) electrons. The van der Waals surface area contributed by atoms with E-state index in [9.17, 15) is 18.3 Å². The number of hydrogen-bond donors (Lipinski definition) is 2. The zero-order chi connectivity index (χ0) is 31.1. The van der Waals surface area contributed by atoms with Crippen molar-refractivity contribution in [1.82, 2.24) is 9.88 Å². The van der Waals surface area contributed by atoms with Crippen LogP contribution in [0.4, 0.5) is 5.13 Å². The monoisotopic (exact) mass is 627 g/mol. The molecule has 5 rings (SSSR count). The molecule has 1 saturated carbocycles. The fraction of sp³-hybridized carbons (Fsp3) is 0.500. The smallest absolute Gasteiger partial charge is 0.267 e. The summed E-state index contributed by atoms with van der Waals surface area (Å²) < 4.78 is 40.0. The number of carbonyl (C=O) groups excluding carboxylic acids is 1. The lowest BCUT2D eigenvalue weighted by Gasteiger charge is -2.53. The van der Waals surface area contributed by atoms with Gasteiger partial charge in [0.2, 0.25) is 5.91 Å². The number of ether oxygens (including phenoxy) is 2.